The van der Waals surface area contributed by atoms with Crippen molar-refractivity contribution in [1.29, 1.82) is 0 Å². The Morgan fingerprint density at radius 2 is 1.97 bits per heavy atom. The number of carbonyl (C=O) groups excluding carboxylic acids is 1. The molecule has 2 heterocycles. The molecule has 1 aromatic heterocycles. The number of nitro groups is 1. The highest BCUT2D eigenvalue weighted by atomic mass is 35.5. The fraction of sp³-hybridized carbons (Fsp3) is 0.348. The Kier molecular flexibility index (Phi) is 7.04. The van der Waals surface area contributed by atoms with Crippen LogP contribution in [0.4, 0.5) is 5.69 Å². The highest BCUT2D eigenvalue weighted by molar-refractivity contribution is 6.31. The van der Waals surface area contributed by atoms with E-state index < -0.39 is 4.92 Å². The summed E-state index contributed by atoms with van der Waals surface area (Å²) in [4.78, 5) is 29.0. The van der Waals surface area contributed by atoms with Crippen molar-refractivity contribution >= 4 is 34.1 Å². The summed E-state index contributed by atoms with van der Waals surface area (Å²) >= 11 is 6.22. The third-order valence-electron chi connectivity index (χ3n) is 5.80. The molecule has 1 amide bonds. The monoisotopic (exact) mass is 456 g/mol. The number of hydrogen-bond acceptors (Lipinski definition) is 5. The molecule has 8 nitrogen and oxygen atoms in total. The van der Waals surface area contributed by atoms with Crippen molar-refractivity contribution in [1.82, 2.24) is 15.2 Å². The number of ether oxygens (including phenoxy) is 1. The Morgan fingerprint density at radius 3 is 2.69 bits per heavy atom. The Morgan fingerprint density at radius 1 is 1.22 bits per heavy atom. The van der Waals surface area contributed by atoms with Gasteiger partial charge in [0.2, 0.25) is 5.91 Å². The summed E-state index contributed by atoms with van der Waals surface area (Å²) in [7, 11) is 0. The van der Waals surface area contributed by atoms with Gasteiger partial charge in [-0.2, -0.15) is 0 Å². The first-order valence-electron chi connectivity index (χ1n) is 10.6. The first kappa shape index (κ1) is 22.3. The van der Waals surface area contributed by atoms with Crippen molar-refractivity contribution in [3.63, 3.8) is 0 Å². The lowest BCUT2D eigenvalue weighted by Crippen LogP contribution is -2.41. The van der Waals surface area contributed by atoms with Crippen LogP contribution in [0.25, 0.3) is 10.9 Å². The van der Waals surface area contributed by atoms with E-state index in [2.05, 4.69) is 15.2 Å². The lowest BCUT2D eigenvalue weighted by molar-refractivity contribution is -0.384. The molecule has 2 N–H and O–H groups in total. The molecule has 0 saturated carbocycles. The highest BCUT2D eigenvalue weighted by Gasteiger charge is 2.22. The number of morpholine rings is 1. The number of carbonyl (C=O) groups is 1. The molecular weight excluding hydrogens is 432 g/mol. The van der Waals surface area contributed by atoms with Gasteiger partial charge in [0.15, 0.2) is 0 Å². The van der Waals surface area contributed by atoms with Crippen molar-refractivity contribution in [2.45, 2.75) is 12.3 Å². The van der Waals surface area contributed by atoms with Crippen LogP contribution in [0, 0.1) is 10.1 Å². The van der Waals surface area contributed by atoms with E-state index in [1.54, 1.807) is 12.1 Å². The van der Waals surface area contributed by atoms with Crippen LogP contribution in [0.15, 0.2) is 48.7 Å². The van der Waals surface area contributed by atoms with Crippen LogP contribution in [0.1, 0.15) is 23.5 Å². The average Bonchev–Trinajstić information content (AvgIpc) is 3.21. The van der Waals surface area contributed by atoms with E-state index in [9.17, 15) is 14.9 Å². The van der Waals surface area contributed by atoms with Gasteiger partial charge in [-0.15, -0.1) is 0 Å². The van der Waals surface area contributed by atoms with Gasteiger partial charge in [0.1, 0.15) is 0 Å². The number of benzene rings is 2. The van der Waals surface area contributed by atoms with Crippen molar-refractivity contribution < 1.29 is 14.5 Å². The molecule has 1 aliphatic rings. The van der Waals surface area contributed by atoms with Gasteiger partial charge in [-0.1, -0.05) is 23.7 Å². The van der Waals surface area contributed by atoms with Crippen molar-refractivity contribution in [3.05, 3.63) is 74.9 Å². The maximum atomic E-state index is 12.8. The lowest BCUT2D eigenvalue weighted by atomic mass is 9.88. The van der Waals surface area contributed by atoms with Crippen LogP contribution in [-0.2, 0) is 9.53 Å². The molecule has 3 aromatic rings. The number of amides is 1. The predicted octanol–water partition coefficient (Wildman–Crippen LogP) is 3.70. The SMILES string of the molecule is O=C(C[C@@H](c1ccc([N+](=O)[O-])cc1)c1c[nH]c2ccc(Cl)cc12)NCCN1CCOCC1. The third kappa shape index (κ3) is 5.27. The van der Waals surface area contributed by atoms with Gasteiger partial charge in [0.25, 0.3) is 5.69 Å². The Bertz CT molecular complexity index is 1090. The maximum absolute atomic E-state index is 12.8. The van der Waals surface area contributed by atoms with Gasteiger partial charge in [-0.05, 0) is 29.3 Å². The molecule has 0 radical (unpaired) electrons. The minimum atomic E-state index is -0.428. The molecule has 1 fully saturated rings. The number of aromatic nitrogens is 1. The number of H-pyrrole nitrogens is 1. The first-order valence-corrected chi connectivity index (χ1v) is 11.0. The summed E-state index contributed by atoms with van der Waals surface area (Å²) in [6.07, 6.45) is 2.11. The molecule has 0 bridgehead atoms. The fourth-order valence-corrected chi connectivity index (χ4v) is 4.25. The smallest absolute Gasteiger partial charge is 0.269 e. The fourth-order valence-electron chi connectivity index (χ4n) is 4.07. The van der Waals surface area contributed by atoms with Crippen LogP contribution in [-0.4, -0.2) is 60.1 Å². The molecular formula is C23H25ClN4O4. The molecule has 0 aliphatic carbocycles. The van der Waals surface area contributed by atoms with Crippen LogP contribution in [0.2, 0.25) is 5.02 Å². The topological polar surface area (TPSA) is 100 Å². The molecule has 1 saturated heterocycles. The van der Waals surface area contributed by atoms with Crippen LogP contribution in [0.5, 0.6) is 0 Å². The van der Waals surface area contributed by atoms with E-state index in [1.165, 1.54) is 12.1 Å². The molecule has 0 spiro atoms. The van der Waals surface area contributed by atoms with Crippen molar-refractivity contribution in [2.24, 2.45) is 0 Å². The zero-order valence-corrected chi connectivity index (χ0v) is 18.3. The zero-order valence-electron chi connectivity index (χ0n) is 17.6. The Balaban J connectivity index is 1.53. The van der Waals surface area contributed by atoms with Crippen LogP contribution < -0.4 is 5.32 Å². The number of aromatic amines is 1. The second-order valence-corrected chi connectivity index (χ2v) is 8.28. The molecule has 2 aromatic carbocycles. The van der Waals surface area contributed by atoms with E-state index in [4.69, 9.17) is 16.3 Å². The molecule has 1 atom stereocenters. The molecule has 4 rings (SSSR count). The van der Waals surface area contributed by atoms with E-state index in [0.29, 0.717) is 11.6 Å². The van der Waals surface area contributed by atoms with Gasteiger partial charge in [-0.25, -0.2) is 0 Å². The number of nitrogens with one attached hydrogen (secondary N) is 2. The first-order chi connectivity index (χ1) is 15.5. The molecule has 0 unspecified atom stereocenters. The normalized spacial score (nSPS) is 15.5. The van der Waals surface area contributed by atoms with Crippen LogP contribution >= 0.6 is 11.6 Å². The van der Waals surface area contributed by atoms with E-state index in [-0.39, 0.29) is 23.9 Å². The molecule has 9 heteroatoms. The Hall–Kier alpha value is -2.94. The largest absolute Gasteiger partial charge is 0.379 e. The van der Waals surface area contributed by atoms with Gasteiger partial charge in [0.05, 0.1) is 18.1 Å². The minimum Gasteiger partial charge on any atom is -0.379 e. The lowest BCUT2D eigenvalue weighted by Gasteiger charge is -2.26. The molecule has 1 aliphatic heterocycles. The van der Waals surface area contributed by atoms with Gasteiger partial charge in [-0.3, -0.25) is 19.8 Å². The quantitative estimate of drug-likeness (QED) is 0.397. The van der Waals surface area contributed by atoms with E-state index >= 15 is 0 Å². The van der Waals surface area contributed by atoms with Crippen molar-refractivity contribution in [3.8, 4) is 0 Å². The summed E-state index contributed by atoms with van der Waals surface area (Å²) in [5.41, 5.74) is 2.70. The number of non-ortho nitro benzene ring substituents is 1. The second kappa shape index (κ2) is 10.1. The summed E-state index contributed by atoms with van der Waals surface area (Å²) in [6.45, 7) is 4.53. The van der Waals surface area contributed by atoms with E-state index in [0.717, 1.165) is 54.9 Å². The van der Waals surface area contributed by atoms with E-state index in [1.807, 2.05) is 24.4 Å². The van der Waals surface area contributed by atoms with Gasteiger partial charge >= 0.3 is 0 Å². The summed E-state index contributed by atoms with van der Waals surface area (Å²) in [6, 6.07) is 12.0. The number of hydrogen-bond donors (Lipinski definition) is 2. The highest BCUT2D eigenvalue weighted by Crippen LogP contribution is 2.35. The standard InChI is InChI=1S/C23H25ClN4O4/c24-17-3-6-22-20(13-17)21(15-26-22)19(16-1-4-18(5-2-16)28(30)31)14-23(29)25-7-8-27-9-11-32-12-10-27/h1-6,13,15,19,26H,7-12,14H2,(H,25,29)/t19-/m0/s1. The number of rotatable bonds is 8. The van der Waals surface area contributed by atoms with Crippen LogP contribution in [0.3, 0.4) is 0 Å². The number of fused-ring (bicyclic) bond motifs is 1. The summed E-state index contributed by atoms with van der Waals surface area (Å²) in [5.74, 6) is -0.343. The summed E-state index contributed by atoms with van der Waals surface area (Å²) < 4.78 is 5.35. The van der Waals surface area contributed by atoms with Gasteiger partial charge in [0, 0.05) is 72.8 Å². The Labute approximate surface area is 190 Å². The predicted molar refractivity (Wildman–Crippen MR) is 123 cm³/mol. The maximum Gasteiger partial charge on any atom is 0.269 e. The summed E-state index contributed by atoms with van der Waals surface area (Å²) in [5, 5.41) is 15.6. The molecule has 168 valence electrons. The average molecular weight is 457 g/mol. The number of nitro benzene ring substituents is 1. The number of nitrogens with zero attached hydrogens (tertiary/aromatic N) is 2. The van der Waals surface area contributed by atoms with Gasteiger partial charge < -0.3 is 15.0 Å². The molecule has 32 heavy (non-hydrogen) atoms. The number of halogens is 1. The van der Waals surface area contributed by atoms with Crippen molar-refractivity contribution in [2.75, 3.05) is 39.4 Å². The second-order valence-electron chi connectivity index (χ2n) is 7.84. The minimum absolute atomic E-state index is 0.0180. The third-order valence-corrected chi connectivity index (χ3v) is 6.04. The zero-order chi connectivity index (χ0) is 22.5.